The maximum Gasteiger partial charge on any atom is 0.0828 e. The molecular weight excluding hydrogens is 274 g/mol. The minimum Gasteiger partial charge on any atom is -0.390 e. The van der Waals surface area contributed by atoms with Crippen LogP contribution in [0.4, 0.5) is 0 Å². The van der Waals surface area contributed by atoms with Crippen molar-refractivity contribution >= 4 is 18.8 Å². The summed E-state index contributed by atoms with van der Waals surface area (Å²) in [5, 5.41) is 13.5. The van der Waals surface area contributed by atoms with Crippen LogP contribution in [-0.4, -0.2) is 35.0 Å². The van der Waals surface area contributed by atoms with Gasteiger partial charge in [0.15, 0.2) is 0 Å². The average Bonchev–Trinajstić information content (AvgIpc) is 2.35. The largest absolute Gasteiger partial charge is 0.390 e. The van der Waals surface area contributed by atoms with Crippen molar-refractivity contribution < 1.29 is 5.11 Å². The van der Waals surface area contributed by atoms with Crippen LogP contribution in [0.15, 0.2) is 30.3 Å². The highest BCUT2D eigenvalue weighted by Crippen LogP contribution is 2.12. The highest BCUT2D eigenvalue weighted by Gasteiger charge is 2.19. The summed E-state index contributed by atoms with van der Waals surface area (Å²) < 4.78 is 2.11. The van der Waals surface area contributed by atoms with Gasteiger partial charge in [-0.25, -0.2) is 0 Å². The number of benzene rings is 1. The highest BCUT2D eigenvalue weighted by molar-refractivity contribution is 7.13. The predicted molar refractivity (Wildman–Crippen MR) is 88.9 cm³/mol. The van der Waals surface area contributed by atoms with Gasteiger partial charge in [-0.1, -0.05) is 63.0 Å². The molecule has 5 heteroatoms. The van der Waals surface area contributed by atoms with E-state index >= 15 is 0 Å². The molecule has 0 fully saturated rings. The summed E-state index contributed by atoms with van der Waals surface area (Å²) in [4.78, 5) is 0. The fourth-order valence-electron chi connectivity index (χ4n) is 2.09. The molecule has 0 saturated carbocycles. The molecule has 0 radical (unpaired) electrons. The molecule has 0 amide bonds. The number of rotatable bonds is 8. The van der Waals surface area contributed by atoms with Crippen LogP contribution in [0.1, 0.15) is 19.4 Å². The average molecular weight is 300 g/mol. The van der Waals surface area contributed by atoms with E-state index < -0.39 is 6.10 Å². The monoisotopic (exact) mass is 300 g/mol. The van der Waals surface area contributed by atoms with E-state index in [1.165, 1.54) is 5.56 Å². The van der Waals surface area contributed by atoms with Gasteiger partial charge in [0.25, 0.3) is 0 Å². The smallest absolute Gasteiger partial charge is 0.0828 e. The summed E-state index contributed by atoms with van der Waals surface area (Å²) in [5.41, 5.74) is 1.24. The molecule has 2 unspecified atom stereocenters. The SMILES string of the molecule is CC(C)CN(P)C[C@@H](O)[C@H](Cc1ccccc1)NP. The topological polar surface area (TPSA) is 35.5 Å². The van der Waals surface area contributed by atoms with Gasteiger partial charge >= 0.3 is 0 Å². The molecule has 0 aliphatic rings. The highest BCUT2D eigenvalue weighted by atomic mass is 31.0. The quantitative estimate of drug-likeness (QED) is 0.722. The van der Waals surface area contributed by atoms with Crippen LogP contribution >= 0.6 is 18.8 Å². The van der Waals surface area contributed by atoms with Crippen molar-refractivity contribution in [2.45, 2.75) is 32.4 Å². The number of hydrogen-bond donors (Lipinski definition) is 2. The van der Waals surface area contributed by atoms with Crippen molar-refractivity contribution in [3.8, 4) is 0 Å². The van der Waals surface area contributed by atoms with E-state index in [4.69, 9.17) is 0 Å². The number of aliphatic hydroxyl groups excluding tert-OH is 1. The van der Waals surface area contributed by atoms with E-state index in [0.29, 0.717) is 12.5 Å². The van der Waals surface area contributed by atoms with Crippen molar-refractivity contribution in [2.24, 2.45) is 5.92 Å². The van der Waals surface area contributed by atoms with Crippen LogP contribution in [0.5, 0.6) is 0 Å². The van der Waals surface area contributed by atoms with Crippen LogP contribution in [-0.2, 0) is 6.42 Å². The lowest BCUT2D eigenvalue weighted by molar-refractivity contribution is 0.114. The second-order valence-corrected chi connectivity index (χ2v) is 6.44. The van der Waals surface area contributed by atoms with Crippen molar-refractivity contribution in [3.05, 3.63) is 35.9 Å². The van der Waals surface area contributed by atoms with E-state index in [-0.39, 0.29) is 6.04 Å². The second-order valence-electron chi connectivity index (χ2n) is 5.38. The summed E-state index contributed by atoms with van der Waals surface area (Å²) in [7, 11) is 5.22. The number of nitrogens with one attached hydrogen (secondary N) is 1. The van der Waals surface area contributed by atoms with Gasteiger partial charge in [0, 0.05) is 19.1 Å². The molecule has 19 heavy (non-hydrogen) atoms. The van der Waals surface area contributed by atoms with E-state index in [1.54, 1.807) is 0 Å². The Morgan fingerprint density at radius 3 is 2.37 bits per heavy atom. The molecule has 0 aromatic heterocycles. The first-order valence-corrected chi connectivity index (χ1v) is 7.80. The molecule has 0 heterocycles. The summed E-state index contributed by atoms with van der Waals surface area (Å²) in [6, 6.07) is 10.3. The summed E-state index contributed by atoms with van der Waals surface area (Å²) in [5.74, 6) is 0.598. The molecule has 108 valence electrons. The van der Waals surface area contributed by atoms with E-state index in [0.717, 1.165) is 13.0 Å². The number of nitrogens with zero attached hydrogens (tertiary/aromatic N) is 1. The normalized spacial score (nSPS) is 14.9. The predicted octanol–water partition coefficient (Wildman–Crippen LogP) is 2.09. The molecule has 0 aliphatic carbocycles. The van der Waals surface area contributed by atoms with Gasteiger partial charge in [-0.05, 0) is 17.9 Å². The molecule has 1 aromatic rings. The van der Waals surface area contributed by atoms with Crippen molar-refractivity contribution in [1.29, 1.82) is 0 Å². The molecule has 0 spiro atoms. The Morgan fingerprint density at radius 2 is 1.84 bits per heavy atom. The van der Waals surface area contributed by atoms with Gasteiger partial charge in [0.2, 0.25) is 0 Å². The molecule has 4 atom stereocenters. The van der Waals surface area contributed by atoms with E-state index in [1.807, 2.05) is 18.2 Å². The third-order valence-corrected chi connectivity index (χ3v) is 3.85. The third kappa shape index (κ3) is 6.79. The van der Waals surface area contributed by atoms with Gasteiger partial charge < -0.3 is 5.11 Å². The van der Waals surface area contributed by atoms with Crippen LogP contribution in [0.2, 0.25) is 0 Å². The Hall–Kier alpha value is -0.0400. The first kappa shape index (κ1) is 17.0. The molecule has 0 aliphatic heterocycles. The summed E-state index contributed by atoms with van der Waals surface area (Å²) in [6.07, 6.45) is 0.431. The Kier molecular flexibility index (Phi) is 8.06. The second kappa shape index (κ2) is 9.00. The minimum atomic E-state index is -0.394. The lowest BCUT2D eigenvalue weighted by atomic mass is 10.0. The van der Waals surface area contributed by atoms with Gasteiger partial charge in [0.05, 0.1) is 6.10 Å². The maximum absolute atomic E-state index is 10.3. The standard InChI is InChI=1S/C14H26N2OP2/c1-11(2)9-16(19)10-14(17)13(15-18)8-12-6-4-3-5-7-12/h3-7,11,13-15,17H,8-10,18-19H2,1-2H3/t13-,14+/m0/s1. The fraction of sp³-hybridized carbons (Fsp3) is 0.571. The Morgan fingerprint density at radius 1 is 1.21 bits per heavy atom. The van der Waals surface area contributed by atoms with Crippen molar-refractivity contribution in [2.75, 3.05) is 13.1 Å². The van der Waals surface area contributed by atoms with Crippen LogP contribution in [0, 0.1) is 5.92 Å². The van der Waals surface area contributed by atoms with Crippen LogP contribution in [0.25, 0.3) is 0 Å². The molecule has 1 aromatic carbocycles. The van der Waals surface area contributed by atoms with Gasteiger partial charge in [-0.2, -0.15) is 0 Å². The van der Waals surface area contributed by atoms with Crippen LogP contribution < -0.4 is 5.09 Å². The molecule has 0 bridgehead atoms. The van der Waals surface area contributed by atoms with Crippen molar-refractivity contribution in [3.63, 3.8) is 0 Å². The molecule has 0 saturated heterocycles. The third-order valence-electron chi connectivity index (χ3n) is 3.00. The lowest BCUT2D eigenvalue weighted by Crippen LogP contribution is -2.42. The van der Waals surface area contributed by atoms with Crippen LogP contribution in [0.3, 0.4) is 0 Å². The summed E-state index contributed by atoms with van der Waals surface area (Å²) >= 11 is 0. The molecule has 1 rings (SSSR count). The fourth-order valence-corrected chi connectivity index (χ4v) is 3.06. The zero-order chi connectivity index (χ0) is 14.3. The maximum atomic E-state index is 10.3. The Labute approximate surface area is 121 Å². The first-order valence-electron chi connectivity index (χ1n) is 6.70. The lowest BCUT2D eigenvalue weighted by Gasteiger charge is -2.27. The molecule has 3 nitrogen and oxygen atoms in total. The van der Waals surface area contributed by atoms with Gasteiger partial charge in [-0.3, -0.25) is 9.76 Å². The summed E-state index contributed by atoms with van der Waals surface area (Å²) in [6.45, 7) is 5.98. The minimum absolute atomic E-state index is 0.0441. The molecular formula is C14H26N2OP2. The Bertz CT molecular complexity index is 349. The van der Waals surface area contributed by atoms with Gasteiger partial charge in [0.1, 0.15) is 0 Å². The van der Waals surface area contributed by atoms with E-state index in [2.05, 4.69) is 54.5 Å². The zero-order valence-electron chi connectivity index (χ0n) is 11.8. The molecule has 2 N–H and O–H groups in total. The zero-order valence-corrected chi connectivity index (χ0v) is 14.1. The first-order chi connectivity index (χ1) is 9.02. The Balaban J connectivity index is 2.49. The van der Waals surface area contributed by atoms with Crippen molar-refractivity contribution in [1.82, 2.24) is 9.76 Å². The number of aliphatic hydroxyl groups is 1. The van der Waals surface area contributed by atoms with E-state index in [9.17, 15) is 5.11 Å². The van der Waals surface area contributed by atoms with Gasteiger partial charge in [-0.15, -0.1) is 0 Å². The number of hydrogen-bond acceptors (Lipinski definition) is 3.